The topological polar surface area (TPSA) is 101 Å². The Labute approximate surface area is 191 Å². The third kappa shape index (κ3) is 5.98. The summed E-state index contributed by atoms with van der Waals surface area (Å²) in [5.41, 5.74) is 1.74. The summed E-state index contributed by atoms with van der Waals surface area (Å²) >= 11 is 8.54. The molecule has 2 aromatic heterocycles. The van der Waals surface area contributed by atoms with Gasteiger partial charge < -0.3 is 10.6 Å². The van der Waals surface area contributed by atoms with Crippen molar-refractivity contribution in [1.82, 2.24) is 29.9 Å². The minimum Gasteiger partial charge on any atom is -0.324 e. The van der Waals surface area contributed by atoms with Crippen LogP contribution in [0, 0.1) is 0 Å². The second-order valence-corrected chi connectivity index (χ2v) is 8.50. The summed E-state index contributed by atoms with van der Waals surface area (Å²) in [6, 6.07) is 19.3. The van der Waals surface area contributed by atoms with Gasteiger partial charge in [-0.2, -0.15) is 29.9 Å². The van der Waals surface area contributed by atoms with Gasteiger partial charge in [0.05, 0.1) is 0 Å². The standard InChI is InChI=1S/C18H14N8S4/c27-15-21-13(19-11-7-3-1-4-8-11)23-17(25-15)29-30-18-24-14(22-16(28)26-18)20-12-9-5-2-6-10-12/h1-10H,(H2,19,21,23,25,27)(H2,20,22,24,26,28). The van der Waals surface area contributed by atoms with Crippen LogP contribution in [0.3, 0.4) is 0 Å². The average molecular weight is 471 g/mol. The van der Waals surface area contributed by atoms with Crippen LogP contribution in [0.5, 0.6) is 0 Å². The van der Waals surface area contributed by atoms with Gasteiger partial charge >= 0.3 is 0 Å². The molecule has 4 rings (SSSR count). The van der Waals surface area contributed by atoms with E-state index in [1.54, 1.807) is 0 Å². The van der Waals surface area contributed by atoms with Gasteiger partial charge in [-0.1, -0.05) is 36.4 Å². The van der Waals surface area contributed by atoms with Crippen LogP contribution >= 0.6 is 46.8 Å². The molecule has 12 heteroatoms. The van der Waals surface area contributed by atoms with Gasteiger partial charge in [0, 0.05) is 11.4 Å². The van der Waals surface area contributed by atoms with E-state index in [4.69, 9.17) is 0 Å². The monoisotopic (exact) mass is 470 g/mol. The molecule has 2 aromatic carbocycles. The number of rotatable bonds is 7. The van der Waals surface area contributed by atoms with Crippen molar-refractivity contribution in [1.29, 1.82) is 0 Å². The van der Waals surface area contributed by atoms with Gasteiger partial charge in [-0.3, -0.25) is 0 Å². The molecule has 2 heterocycles. The van der Waals surface area contributed by atoms with Gasteiger partial charge in [0.2, 0.25) is 22.2 Å². The molecule has 0 aliphatic heterocycles. The summed E-state index contributed by atoms with van der Waals surface area (Å²) in [6.07, 6.45) is 0. The first-order chi connectivity index (χ1) is 14.6. The third-order valence-electron chi connectivity index (χ3n) is 3.46. The van der Waals surface area contributed by atoms with E-state index in [9.17, 15) is 0 Å². The first-order valence-corrected chi connectivity index (χ1v) is 11.6. The zero-order valence-electron chi connectivity index (χ0n) is 15.2. The van der Waals surface area contributed by atoms with Crippen molar-refractivity contribution in [3.05, 3.63) is 60.7 Å². The lowest BCUT2D eigenvalue weighted by Crippen LogP contribution is -2.01. The highest BCUT2D eigenvalue weighted by Gasteiger charge is 2.10. The maximum Gasteiger partial charge on any atom is 0.232 e. The van der Waals surface area contributed by atoms with Crippen LogP contribution < -0.4 is 10.6 Å². The number of anilines is 4. The van der Waals surface area contributed by atoms with Crippen LogP contribution in [-0.4, -0.2) is 29.9 Å². The first-order valence-electron chi connectivity index (χ1n) is 8.53. The quantitative estimate of drug-likeness (QED) is 0.220. The van der Waals surface area contributed by atoms with Crippen molar-refractivity contribution in [3.63, 3.8) is 0 Å². The molecule has 0 amide bonds. The predicted molar refractivity (Wildman–Crippen MR) is 125 cm³/mol. The number of para-hydroxylation sites is 2. The van der Waals surface area contributed by atoms with Crippen molar-refractivity contribution in [2.75, 3.05) is 10.6 Å². The Bertz CT molecular complexity index is 1040. The maximum absolute atomic E-state index is 4.41. The summed E-state index contributed by atoms with van der Waals surface area (Å²) in [5, 5.41) is 7.82. The highest BCUT2D eigenvalue weighted by atomic mass is 33.1. The second-order valence-electron chi connectivity index (χ2n) is 5.63. The maximum atomic E-state index is 4.41. The van der Waals surface area contributed by atoms with E-state index in [0.717, 1.165) is 11.4 Å². The lowest BCUT2D eigenvalue weighted by Gasteiger charge is -2.07. The molecule has 30 heavy (non-hydrogen) atoms. The van der Waals surface area contributed by atoms with E-state index in [0.29, 0.717) is 32.5 Å². The summed E-state index contributed by atoms with van der Waals surface area (Å²) in [4.78, 5) is 25.7. The molecular weight excluding hydrogens is 457 g/mol. The molecule has 0 atom stereocenters. The zero-order chi connectivity index (χ0) is 20.8. The number of hydrogen-bond acceptors (Lipinski definition) is 12. The molecule has 0 aliphatic rings. The second kappa shape index (κ2) is 9.98. The minimum atomic E-state index is 0.309. The third-order valence-corrected chi connectivity index (χ3v) is 5.75. The van der Waals surface area contributed by atoms with Crippen molar-refractivity contribution in [2.45, 2.75) is 20.6 Å². The number of aromatic nitrogens is 6. The van der Waals surface area contributed by atoms with Crippen LogP contribution in [0.15, 0.2) is 81.3 Å². The highest BCUT2D eigenvalue weighted by Crippen LogP contribution is 2.34. The molecule has 0 saturated carbocycles. The number of nitrogens with zero attached hydrogens (tertiary/aromatic N) is 6. The fourth-order valence-electron chi connectivity index (χ4n) is 2.25. The molecule has 0 radical (unpaired) electrons. The van der Waals surface area contributed by atoms with Crippen molar-refractivity contribution in [2.24, 2.45) is 0 Å². The molecular formula is C18H14N8S4. The Kier molecular flexibility index (Phi) is 6.89. The largest absolute Gasteiger partial charge is 0.324 e. The van der Waals surface area contributed by atoms with Gasteiger partial charge in [0.25, 0.3) is 0 Å². The Morgan fingerprint density at radius 1 is 0.533 bits per heavy atom. The Morgan fingerprint density at radius 3 is 1.33 bits per heavy atom. The molecule has 0 fully saturated rings. The van der Waals surface area contributed by atoms with Gasteiger partial charge in [-0.15, -0.1) is 25.3 Å². The summed E-state index contributed by atoms with van der Waals surface area (Å²) in [7, 11) is 2.57. The number of thiol groups is 2. The lowest BCUT2D eigenvalue weighted by atomic mass is 10.3. The average Bonchev–Trinajstić information content (AvgIpc) is 2.73. The van der Waals surface area contributed by atoms with E-state index < -0.39 is 0 Å². The summed E-state index contributed by atoms with van der Waals surface area (Å²) in [6.45, 7) is 0. The normalized spacial score (nSPS) is 10.6. The fourth-order valence-corrected chi connectivity index (χ4v) is 4.31. The molecule has 8 nitrogen and oxygen atoms in total. The number of nitrogens with one attached hydrogen (secondary N) is 2. The van der Waals surface area contributed by atoms with Crippen molar-refractivity contribution >= 4 is 70.1 Å². The highest BCUT2D eigenvalue weighted by molar-refractivity contribution is 8.76. The zero-order valence-corrected chi connectivity index (χ0v) is 18.6. The van der Waals surface area contributed by atoms with E-state index in [2.05, 4.69) is 65.8 Å². The Hall–Kier alpha value is -2.54. The van der Waals surface area contributed by atoms with E-state index in [-0.39, 0.29) is 0 Å². The Morgan fingerprint density at radius 2 is 0.933 bits per heavy atom. The van der Waals surface area contributed by atoms with Crippen molar-refractivity contribution in [3.8, 4) is 0 Å². The SMILES string of the molecule is Sc1nc(Nc2ccccc2)nc(SSc2nc(S)nc(Nc3ccccc3)n2)n1. The van der Waals surface area contributed by atoms with Crippen LogP contribution in [-0.2, 0) is 0 Å². The molecule has 0 saturated heterocycles. The molecule has 0 aliphatic carbocycles. The molecule has 2 N–H and O–H groups in total. The molecule has 0 unspecified atom stereocenters. The molecule has 150 valence electrons. The number of benzene rings is 2. The molecule has 4 aromatic rings. The minimum absolute atomic E-state index is 0.309. The van der Waals surface area contributed by atoms with Crippen LogP contribution in [0.1, 0.15) is 0 Å². The number of hydrogen-bond donors (Lipinski definition) is 4. The van der Waals surface area contributed by atoms with Gasteiger partial charge in [0.1, 0.15) is 0 Å². The van der Waals surface area contributed by atoms with Crippen molar-refractivity contribution < 1.29 is 0 Å². The van der Waals surface area contributed by atoms with E-state index in [1.165, 1.54) is 21.6 Å². The molecule has 0 spiro atoms. The fraction of sp³-hybridized carbons (Fsp3) is 0. The van der Waals surface area contributed by atoms with E-state index in [1.807, 2.05) is 60.7 Å². The first kappa shape index (κ1) is 20.7. The Balaban J connectivity index is 1.46. The molecule has 0 bridgehead atoms. The smallest absolute Gasteiger partial charge is 0.232 e. The van der Waals surface area contributed by atoms with Gasteiger partial charge in [0.15, 0.2) is 10.3 Å². The van der Waals surface area contributed by atoms with Gasteiger partial charge in [-0.05, 0) is 45.9 Å². The van der Waals surface area contributed by atoms with Crippen LogP contribution in [0.4, 0.5) is 23.3 Å². The predicted octanol–water partition coefficient (Wildman–Crippen LogP) is 4.92. The summed E-state index contributed by atoms with van der Waals surface area (Å²) < 4.78 is 0. The van der Waals surface area contributed by atoms with E-state index >= 15 is 0 Å². The van der Waals surface area contributed by atoms with Gasteiger partial charge in [-0.25, -0.2) is 0 Å². The van der Waals surface area contributed by atoms with Crippen LogP contribution in [0.25, 0.3) is 0 Å². The lowest BCUT2D eigenvalue weighted by molar-refractivity contribution is 0.812. The summed E-state index contributed by atoms with van der Waals surface area (Å²) in [5.74, 6) is 0.808. The van der Waals surface area contributed by atoms with Crippen LogP contribution in [0.2, 0.25) is 0 Å².